The van der Waals surface area contributed by atoms with Gasteiger partial charge in [0, 0.05) is 23.5 Å². The van der Waals surface area contributed by atoms with E-state index < -0.39 is 0 Å². The highest BCUT2D eigenvalue weighted by molar-refractivity contribution is 5.85. The standard InChI is InChI=1S/C13H15NO2/c1-2-9-15-13(6-1)16-12-5-3-4-11-10(12)7-8-14-11/h3-5,7-8,13-14H,1-2,6,9H2. The quantitative estimate of drug-likeness (QED) is 0.838. The van der Waals surface area contributed by atoms with Crippen LogP contribution in [0, 0.1) is 0 Å². The summed E-state index contributed by atoms with van der Waals surface area (Å²) >= 11 is 0. The Morgan fingerprint density at radius 3 is 3.12 bits per heavy atom. The van der Waals surface area contributed by atoms with E-state index in [-0.39, 0.29) is 6.29 Å². The minimum atomic E-state index is -0.0748. The van der Waals surface area contributed by atoms with Crippen LogP contribution < -0.4 is 4.74 Å². The lowest BCUT2D eigenvalue weighted by molar-refractivity contribution is -0.105. The molecule has 1 aromatic heterocycles. The first-order valence-corrected chi connectivity index (χ1v) is 5.78. The van der Waals surface area contributed by atoms with Gasteiger partial charge in [0.05, 0.1) is 6.61 Å². The van der Waals surface area contributed by atoms with Crippen molar-refractivity contribution in [1.29, 1.82) is 0 Å². The van der Waals surface area contributed by atoms with Crippen LogP contribution in [0.5, 0.6) is 5.75 Å². The van der Waals surface area contributed by atoms with Crippen LogP contribution in [-0.2, 0) is 4.74 Å². The Kier molecular flexibility index (Phi) is 2.54. The van der Waals surface area contributed by atoms with Crippen LogP contribution in [0.3, 0.4) is 0 Å². The number of nitrogens with one attached hydrogen (secondary N) is 1. The van der Waals surface area contributed by atoms with Crippen molar-refractivity contribution in [2.24, 2.45) is 0 Å². The molecule has 0 aliphatic carbocycles. The second-order valence-electron chi connectivity index (χ2n) is 4.11. The van der Waals surface area contributed by atoms with Crippen LogP contribution >= 0.6 is 0 Å². The van der Waals surface area contributed by atoms with Crippen LogP contribution in [0.25, 0.3) is 10.9 Å². The SMILES string of the molecule is c1cc(OC2CCCCO2)c2cc[nH]c2c1. The number of aromatic nitrogens is 1. The van der Waals surface area contributed by atoms with Crippen LogP contribution in [-0.4, -0.2) is 17.9 Å². The highest BCUT2D eigenvalue weighted by Crippen LogP contribution is 2.27. The summed E-state index contributed by atoms with van der Waals surface area (Å²) in [5.41, 5.74) is 1.10. The van der Waals surface area contributed by atoms with E-state index in [9.17, 15) is 0 Å². The molecule has 1 saturated heterocycles. The number of H-pyrrole nitrogens is 1. The van der Waals surface area contributed by atoms with E-state index in [0.29, 0.717) is 0 Å². The van der Waals surface area contributed by atoms with Crippen molar-refractivity contribution in [3.05, 3.63) is 30.5 Å². The van der Waals surface area contributed by atoms with Crippen LogP contribution in [0.15, 0.2) is 30.5 Å². The van der Waals surface area contributed by atoms with E-state index in [1.807, 2.05) is 30.5 Å². The molecule has 1 fully saturated rings. The van der Waals surface area contributed by atoms with Crippen molar-refractivity contribution in [3.63, 3.8) is 0 Å². The molecule has 1 aliphatic rings. The molecule has 3 heteroatoms. The average molecular weight is 217 g/mol. The molecule has 2 heterocycles. The Balaban J connectivity index is 1.85. The Morgan fingerprint density at radius 2 is 2.25 bits per heavy atom. The van der Waals surface area contributed by atoms with Gasteiger partial charge in [-0.25, -0.2) is 0 Å². The van der Waals surface area contributed by atoms with Gasteiger partial charge in [-0.05, 0) is 31.0 Å². The molecular formula is C13H15NO2. The zero-order valence-corrected chi connectivity index (χ0v) is 9.11. The fraction of sp³-hybridized carbons (Fsp3) is 0.385. The second kappa shape index (κ2) is 4.18. The largest absolute Gasteiger partial charge is 0.464 e. The second-order valence-corrected chi connectivity index (χ2v) is 4.11. The molecule has 1 N–H and O–H groups in total. The Bertz CT molecular complexity index is 471. The van der Waals surface area contributed by atoms with E-state index in [4.69, 9.17) is 9.47 Å². The Morgan fingerprint density at radius 1 is 1.25 bits per heavy atom. The number of hydrogen-bond donors (Lipinski definition) is 1. The van der Waals surface area contributed by atoms with E-state index in [0.717, 1.165) is 36.1 Å². The zero-order chi connectivity index (χ0) is 10.8. The molecule has 1 aromatic carbocycles. The van der Waals surface area contributed by atoms with Crippen LogP contribution in [0.4, 0.5) is 0 Å². The molecule has 1 atom stereocenters. The highest BCUT2D eigenvalue weighted by atomic mass is 16.7. The molecule has 84 valence electrons. The summed E-state index contributed by atoms with van der Waals surface area (Å²) in [5, 5.41) is 1.12. The molecule has 1 unspecified atom stereocenters. The van der Waals surface area contributed by atoms with Gasteiger partial charge < -0.3 is 14.5 Å². The zero-order valence-electron chi connectivity index (χ0n) is 9.11. The van der Waals surface area contributed by atoms with Gasteiger partial charge in [0.1, 0.15) is 5.75 Å². The van der Waals surface area contributed by atoms with E-state index in [1.165, 1.54) is 6.42 Å². The molecule has 0 spiro atoms. The lowest BCUT2D eigenvalue weighted by Gasteiger charge is -2.23. The van der Waals surface area contributed by atoms with Gasteiger partial charge in [-0.1, -0.05) is 6.07 Å². The van der Waals surface area contributed by atoms with Gasteiger partial charge in [0.15, 0.2) is 6.29 Å². The summed E-state index contributed by atoms with van der Waals surface area (Å²) in [7, 11) is 0. The molecule has 3 rings (SSSR count). The smallest absolute Gasteiger partial charge is 0.199 e. The van der Waals surface area contributed by atoms with Gasteiger partial charge in [-0.3, -0.25) is 0 Å². The van der Waals surface area contributed by atoms with Crippen molar-refractivity contribution >= 4 is 10.9 Å². The van der Waals surface area contributed by atoms with E-state index in [1.54, 1.807) is 0 Å². The number of hydrogen-bond acceptors (Lipinski definition) is 2. The van der Waals surface area contributed by atoms with Crippen molar-refractivity contribution in [3.8, 4) is 5.75 Å². The first kappa shape index (κ1) is 9.73. The van der Waals surface area contributed by atoms with Crippen molar-refractivity contribution in [2.75, 3.05) is 6.61 Å². The molecule has 0 saturated carbocycles. The predicted molar refractivity (Wildman–Crippen MR) is 62.5 cm³/mol. The minimum absolute atomic E-state index is 0.0748. The van der Waals surface area contributed by atoms with E-state index in [2.05, 4.69) is 4.98 Å². The number of benzene rings is 1. The van der Waals surface area contributed by atoms with Gasteiger partial charge >= 0.3 is 0 Å². The third kappa shape index (κ3) is 1.78. The summed E-state index contributed by atoms with van der Waals surface area (Å²) in [6.07, 6.45) is 5.18. The first-order chi connectivity index (χ1) is 7.93. The highest BCUT2D eigenvalue weighted by Gasteiger charge is 2.16. The number of fused-ring (bicyclic) bond motifs is 1. The normalized spacial score (nSPS) is 21.1. The average Bonchev–Trinajstić information content (AvgIpc) is 2.80. The minimum Gasteiger partial charge on any atom is -0.464 e. The molecule has 2 aromatic rings. The summed E-state index contributed by atoms with van der Waals surface area (Å²) in [4.78, 5) is 3.18. The van der Waals surface area contributed by atoms with Crippen molar-refractivity contribution in [2.45, 2.75) is 25.6 Å². The summed E-state index contributed by atoms with van der Waals surface area (Å²) in [6, 6.07) is 8.07. The number of rotatable bonds is 2. The van der Waals surface area contributed by atoms with Gasteiger partial charge in [0.25, 0.3) is 0 Å². The maximum absolute atomic E-state index is 5.88. The summed E-state index contributed by atoms with van der Waals surface area (Å²) < 4.78 is 11.5. The van der Waals surface area contributed by atoms with Crippen LogP contribution in [0.1, 0.15) is 19.3 Å². The molecule has 0 radical (unpaired) electrons. The summed E-state index contributed by atoms with van der Waals surface area (Å²) in [6.45, 7) is 0.813. The third-order valence-corrected chi connectivity index (χ3v) is 2.95. The third-order valence-electron chi connectivity index (χ3n) is 2.95. The van der Waals surface area contributed by atoms with E-state index >= 15 is 0 Å². The monoisotopic (exact) mass is 217 g/mol. The molecule has 0 amide bonds. The maximum atomic E-state index is 5.88. The molecule has 16 heavy (non-hydrogen) atoms. The van der Waals surface area contributed by atoms with Gasteiger partial charge in [-0.15, -0.1) is 0 Å². The lowest BCUT2D eigenvalue weighted by atomic mass is 10.2. The molecule has 1 aliphatic heterocycles. The Labute approximate surface area is 94.4 Å². The molecule has 0 bridgehead atoms. The van der Waals surface area contributed by atoms with Gasteiger partial charge in [0.2, 0.25) is 0 Å². The van der Waals surface area contributed by atoms with Gasteiger partial charge in [-0.2, -0.15) is 0 Å². The Hall–Kier alpha value is -1.48. The van der Waals surface area contributed by atoms with Crippen molar-refractivity contribution in [1.82, 2.24) is 4.98 Å². The lowest BCUT2D eigenvalue weighted by Crippen LogP contribution is -2.24. The number of ether oxygens (including phenoxy) is 2. The molecular weight excluding hydrogens is 202 g/mol. The summed E-state index contributed by atoms with van der Waals surface area (Å²) in [5.74, 6) is 0.908. The predicted octanol–water partition coefficient (Wildman–Crippen LogP) is 3.07. The van der Waals surface area contributed by atoms with Crippen LogP contribution in [0.2, 0.25) is 0 Å². The van der Waals surface area contributed by atoms with Crippen molar-refractivity contribution < 1.29 is 9.47 Å². The fourth-order valence-corrected chi connectivity index (χ4v) is 2.11. The fourth-order valence-electron chi connectivity index (χ4n) is 2.11. The maximum Gasteiger partial charge on any atom is 0.199 e. The first-order valence-electron chi connectivity index (χ1n) is 5.78. The molecule has 3 nitrogen and oxygen atoms in total. The topological polar surface area (TPSA) is 34.2 Å². The number of aromatic amines is 1.